The van der Waals surface area contributed by atoms with Crippen molar-refractivity contribution >= 4 is 23.9 Å². The first-order valence-electron chi connectivity index (χ1n) is 13.6. The van der Waals surface area contributed by atoms with Crippen LogP contribution in [0.15, 0.2) is 18.2 Å². The molecule has 1 aromatic carbocycles. The highest BCUT2D eigenvalue weighted by Gasteiger charge is 2.35. The summed E-state index contributed by atoms with van der Waals surface area (Å²) in [5.74, 6) is -3.39. The second-order valence-corrected chi connectivity index (χ2v) is 10.2. The zero-order valence-electron chi connectivity index (χ0n) is 23.7. The molecule has 0 bridgehead atoms. The molecule has 3 N–H and O–H groups in total. The van der Waals surface area contributed by atoms with Crippen molar-refractivity contribution in [2.24, 2.45) is 17.6 Å². The van der Waals surface area contributed by atoms with Crippen LogP contribution in [0.1, 0.15) is 104 Å². The van der Waals surface area contributed by atoms with Gasteiger partial charge in [-0.25, -0.2) is 0 Å². The third-order valence-corrected chi connectivity index (χ3v) is 6.49. The summed E-state index contributed by atoms with van der Waals surface area (Å²) < 4.78 is 16.6. The third kappa shape index (κ3) is 11.2. The number of carboxylic acids is 1. The van der Waals surface area contributed by atoms with Gasteiger partial charge >= 0.3 is 23.9 Å². The fraction of sp³-hybridized carbons (Fsp3) is 0.655. The van der Waals surface area contributed by atoms with Gasteiger partial charge < -0.3 is 25.1 Å². The number of carbonyl (C=O) groups is 4. The molecule has 1 aromatic rings. The lowest BCUT2D eigenvalue weighted by Gasteiger charge is -2.32. The first kappa shape index (κ1) is 33.1. The number of unbranched alkanes of at least 4 members (excludes halogenated alkanes) is 2. The van der Waals surface area contributed by atoms with Crippen molar-refractivity contribution in [3.05, 3.63) is 23.8 Å². The summed E-state index contributed by atoms with van der Waals surface area (Å²) >= 11 is 0. The molecule has 1 rings (SSSR count). The zero-order chi connectivity index (χ0) is 28.8. The molecule has 3 unspecified atom stereocenters. The number of aliphatic carboxylic acids is 1. The Balaban J connectivity index is 3.34. The van der Waals surface area contributed by atoms with E-state index < -0.39 is 41.9 Å². The van der Waals surface area contributed by atoms with Gasteiger partial charge in [0.15, 0.2) is 11.5 Å². The first-order valence-corrected chi connectivity index (χ1v) is 13.6. The smallest absolute Gasteiger partial charge is 0.321 e. The van der Waals surface area contributed by atoms with E-state index >= 15 is 0 Å². The van der Waals surface area contributed by atoms with Gasteiger partial charge in [-0.2, -0.15) is 0 Å². The van der Waals surface area contributed by atoms with Crippen LogP contribution in [0.4, 0.5) is 0 Å². The van der Waals surface area contributed by atoms with Gasteiger partial charge in [-0.1, -0.05) is 53.5 Å². The van der Waals surface area contributed by atoms with Crippen LogP contribution < -0.4 is 15.2 Å². The van der Waals surface area contributed by atoms with Gasteiger partial charge in [0, 0.05) is 31.1 Å². The fourth-order valence-electron chi connectivity index (χ4n) is 3.95. The van der Waals surface area contributed by atoms with Gasteiger partial charge in [0.2, 0.25) is 0 Å². The van der Waals surface area contributed by atoms with Gasteiger partial charge in [-0.05, 0) is 49.8 Å². The minimum atomic E-state index is -1.33. The minimum Gasteiger partial charge on any atom is -0.480 e. The van der Waals surface area contributed by atoms with Crippen molar-refractivity contribution in [2.45, 2.75) is 111 Å². The van der Waals surface area contributed by atoms with Crippen molar-refractivity contribution in [3.63, 3.8) is 0 Å². The van der Waals surface area contributed by atoms with E-state index in [1.165, 1.54) is 12.1 Å². The van der Waals surface area contributed by atoms with E-state index in [2.05, 4.69) is 0 Å². The van der Waals surface area contributed by atoms with E-state index in [-0.39, 0.29) is 36.7 Å². The van der Waals surface area contributed by atoms with Crippen LogP contribution in [-0.4, -0.2) is 41.1 Å². The standard InChI is InChI=1S/C29H45NO8/c1-7-9-11-24(31)37-22-15-14-21(17-23(22)38-25(32)12-10-8-2)27(28(30)29(34)35)19(5)20(6)36-26(33)16-13-18(3)4/h14-15,17-20,27-28H,7-13,16,30H2,1-6H3,(H,34,35)/t19?,20?,27?,28-/m0/s1. The van der Waals surface area contributed by atoms with E-state index in [0.29, 0.717) is 30.7 Å². The van der Waals surface area contributed by atoms with Crippen LogP contribution in [0.3, 0.4) is 0 Å². The molecule has 9 nitrogen and oxygen atoms in total. The monoisotopic (exact) mass is 535 g/mol. The molecule has 0 spiro atoms. The summed E-state index contributed by atoms with van der Waals surface area (Å²) in [5, 5.41) is 9.75. The predicted octanol–water partition coefficient (Wildman–Crippen LogP) is 5.38. The summed E-state index contributed by atoms with van der Waals surface area (Å²) in [4.78, 5) is 49.0. The number of nitrogens with two attached hydrogens (primary N) is 1. The lowest BCUT2D eigenvalue weighted by Crippen LogP contribution is -2.42. The van der Waals surface area contributed by atoms with Gasteiger partial charge in [0.05, 0.1) is 0 Å². The lowest BCUT2D eigenvalue weighted by molar-refractivity contribution is -0.151. The maximum atomic E-state index is 12.4. The normalized spacial score (nSPS) is 14.3. The molecule has 0 heterocycles. The zero-order valence-corrected chi connectivity index (χ0v) is 23.7. The van der Waals surface area contributed by atoms with Crippen molar-refractivity contribution in [1.29, 1.82) is 0 Å². The molecule has 0 aliphatic heterocycles. The molecule has 0 radical (unpaired) electrons. The van der Waals surface area contributed by atoms with Crippen molar-refractivity contribution in [1.82, 2.24) is 0 Å². The van der Waals surface area contributed by atoms with E-state index in [1.54, 1.807) is 19.9 Å². The molecule has 0 aromatic heterocycles. The molecule has 214 valence electrons. The summed E-state index contributed by atoms with van der Waals surface area (Å²) in [6.07, 6.45) is 3.62. The molecule has 9 heteroatoms. The van der Waals surface area contributed by atoms with Crippen molar-refractivity contribution < 1.29 is 38.5 Å². The Hall–Kier alpha value is -2.94. The summed E-state index contributed by atoms with van der Waals surface area (Å²) in [6, 6.07) is 3.24. The van der Waals surface area contributed by atoms with Crippen LogP contribution >= 0.6 is 0 Å². The highest BCUT2D eigenvalue weighted by Crippen LogP contribution is 2.37. The highest BCUT2D eigenvalue weighted by molar-refractivity contribution is 5.77. The van der Waals surface area contributed by atoms with E-state index in [0.717, 1.165) is 12.8 Å². The van der Waals surface area contributed by atoms with E-state index in [4.69, 9.17) is 19.9 Å². The average molecular weight is 536 g/mol. The number of benzene rings is 1. The Morgan fingerprint density at radius 3 is 1.89 bits per heavy atom. The van der Waals surface area contributed by atoms with Crippen LogP contribution in [0.5, 0.6) is 11.5 Å². The number of carboxylic acid groups (broad SMARTS) is 1. The Morgan fingerprint density at radius 1 is 0.842 bits per heavy atom. The van der Waals surface area contributed by atoms with Gasteiger partial charge in [-0.15, -0.1) is 0 Å². The van der Waals surface area contributed by atoms with E-state index in [1.807, 2.05) is 27.7 Å². The highest BCUT2D eigenvalue weighted by atomic mass is 16.6. The minimum absolute atomic E-state index is 0.0184. The molecule has 0 saturated carbocycles. The summed E-state index contributed by atoms with van der Waals surface area (Å²) in [6.45, 7) is 11.4. The number of rotatable bonds is 17. The molecule has 0 amide bonds. The number of hydrogen-bond acceptors (Lipinski definition) is 8. The molecule has 0 aliphatic carbocycles. The van der Waals surface area contributed by atoms with Crippen LogP contribution in [-0.2, 0) is 23.9 Å². The third-order valence-electron chi connectivity index (χ3n) is 6.49. The Kier molecular flexibility index (Phi) is 14.6. The maximum absolute atomic E-state index is 12.4. The lowest BCUT2D eigenvalue weighted by atomic mass is 9.79. The second kappa shape index (κ2) is 16.8. The summed E-state index contributed by atoms with van der Waals surface area (Å²) in [7, 11) is 0. The van der Waals surface area contributed by atoms with Crippen LogP contribution in [0, 0.1) is 11.8 Å². The largest absolute Gasteiger partial charge is 0.480 e. The fourth-order valence-corrected chi connectivity index (χ4v) is 3.95. The summed E-state index contributed by atoms with van der Waals surface area (Å²) in [5.41, 5.74) is 6.58. The molecule has 38 heavy (non-hydrogen) atoms. The molecule has 0 saturated heterocycles. The number of hydrogen-bond donors (Lipinski definition) is 2. The van der Waals surface area contributed by atoms with Gasteiger partial charge in [0.1, 0.15) is 12.1 Å². The van der Waals surface area contributed by atoms with Crippen molar-refractivity contribution in [2.75, 3.05) is 0 Å². The van der Waals surface area contributed by atoms with Gasteiger partial charge in [0.25, 0.3) is 0 Å². The molecule has 0 fully saturated rings. The van der Waals surface area contributed by atoms with Crippen LogP contribution in [0.2, 0.25) is 0 Å². The average Bonchev–Trinajstić information content (AvgIpc) is 2.86. The van der Waals surface area contributed by atoms with E-state index in [9.17, 15) is 24.3 Å². The molecular formula is C29H45NO8. The Bertz CT molecular complexity index is 929. The quantitative estimate of drug-likeness (QED) is 0.199. The number of ether oxygens (including phenoxy) is 3. The number of esters is 3. The molecular weight excluding hydrogens is 490 g/mol. The first-order chi connectivity index (χ1) is 17.9. The van der Waals surface area contributed by atoms with Gasteiger partial charge in [-0.3, -0.25) is 19.2 Å². The maximum Gasteiger partial charge on any atom is 0.321 e. The predicted molar refractivity (Wildman–Crippen MR) is 144 cm³/mol. The van der Waals surface area contributed by atoms with Crippen molar-refractivity contribution in [3.8, 4) is 11.5 Å². The number of carbonyl (C=O) groups excluding carboxylic acids is 3. The Morgan fingerprint density at radius 2 is 1.39 bits per heavy atom. The van der Waals surface area contributed by atoms with Crippen LogP contribution in [0.25, 0.3) is 0 Å². The topological polar surface area (TPSA) is 142 Å². The SMILES string of the molecule is CCCCC(=O)Oc1ccc(C(C(C)C(C)OC(=O)CCC(C)C)[C@H](N)C(=O)O)cc1OC(=O)CCCC. The Labute approximate surface area is 226 Å². The molecule has 0 aliphatic rings. The second-order valence-electron chi connectivity index (χ2n) is 10.2. The molecule has 4 atom stereocenters.